The molecule has 0 saturated heterocycles. The Kier molecular flexibility index (Phi) is 4.13. The minimum absolute atomic E-state index is 0.108. The van der Waals surface area contributed by atoms with E-state index in [1.54, 1.807) is 0 Å². The highest BCUT2D eigenvalue weighted by molar-refractivity contribution is 8.01. The average molecular weight is 350 g/mol. The van der Waals surface area contributed by atoms with Crippen LogP contribution < -0.4 is 5.32 Å². The quantitative estimate of drug-likeness (QED) is 0.800. The molecular formula is C19H24ClNOS. The fourth-order valence-corrected chi connectivity index (χ4v) is 7.08. The molecule has 4 fully saturated rings. The van der Waals surface area contributed by atoms with Gasteiger partial charge in [-0.05, 0) is 80.9 Å². The van der Waals surface area contributed by atoms with E-state index in [0.717, 1.165) is 29.0 Å². The normalized spacial score (nSPS) is 34.6. The van der Waals surface area contributed by atoms with Crippen LogP contribution >= 0.6 is 23.4 Å². The molecule has 1 N–H and O–H groups in total. The van der Waals surface area contributed by atoms with Gasteiger partial charge in [-0.15, -0.1) is 11.8 Å². The van der Waals surface area contributed by atoms with Gasteiger partial charge >= 0.3 is 0 Å². The Morgan fingerprint density at radius 3 is 2.43 bits per heavy atom. The van der Waals surface area contributed by atoms with Gasteiger partial charge in [-0.25, -0.2) is 0 Å². The molecule has 1 aromatic carbocycles. The molecule has 0 atom stereocenters. The van der Waals surface area contributed by atoms with E-state index in [9.17, 15) is 4.79 Å². The first-order valence-electron chi connectivity index (χ1n) is 8.71. The van der Waals surface area contributed by atoms with Crippen molar-refractivity contribution in [2.45, 2.75) is 50.2 Å². The van der Waals surface area contributed by atoms with Gasteiger partial charge in [-0.1, -0.05) is 17.7 Å². The number of thioether (sulfide) groups is 1. The van der Waals surface area contributed by atoms with E-state index in [1.165, 1.54) is 38.5 Å². The number of anilines is 1. The van der Waals surface area contributed by atoms with Crippen LogP contribution in [0.4, 0.5) is 5.69 Å². The van der Waals surface area contributed by atoms with Crippen molar-refractivity contribution in [2.24, 2.45) is 17.8 Å². The van der Waals surface area contributed by atoms with Gasteiger partial charge in [-0.3, -0.25) is 4.79 Å². The van der Waals surface area contributed by atoms with Gasteiger partial charge in [0.2, 0.25) is 5.91 Å². The molecular weight excluding hydrogens is 326 g/mol. The summed E-state index contributed by atoms with van der Waals surface area (Å²) in [5.41, 5.74) is 1.90. The molecule has 0 aliphatic heterocycles. The Hall–Kier alpha value is -0.670. The van der Waals surface area contributed by atoms with Crippen molar-refractivity contribution in [3.8, 4) is 0 Å². The lowest BCUT2D eigenvalue weighted by atomic mass is 9.56. The highest BCUT2D eigenvalue weighted by Crippen LogP contribution is 2.60. The summed E-state index contributed by atoms with van der Waals surface area (Å²) in [6.45, 7) is 2.00. The lowest BCUT2D eigenvalue weighted by Gasteiger charge is -2.56. The number of halogens is 1. The average Bonchev–Trinajstić information content (AvgIpc) is 2.48. The number of hydrogen-bond acceptors (Lipinski definition) is 2. The number of hydrogen-bond donors (Lipinski definition) is 1. The van der Waals surface area contributed by atoms with Crippen LogP contribution in [-0.4, -0.2) is 16.4 Å². The Morgan fingerprint density at radius 1 is 1.22 bits per heavy atom. The van der Waals surface area contributed by atoms with Gasteiger partial charge in [0.1, 0.15) is 0 Å². The van der Waals surface area contributed by atoms with Gasteiger partial charge in [0.25, 0.3) is 0 Å². The van der Waals surface area contributed by atoms with Crippen molar-refractivity contribution < 1.29 is 4.79 Å². The topological polar surface area (TPSA) is 29.1 Å². The standard InChI is InChI=1S/C19H24ClNOS/c1-12-2-3-16(20)7-17(12)21-18(22)11-23-19-8-13-4-14(9-19)6-15(5-13)10-19/h2-3,7,13-15H,4-6,8-11H2,1H3,(H,21,22). The molecule has 5 rings (SSSR count). The van der Waals surface area contributed by atoms with Gasteiger partial charge in [-0.2, -0.15) is 0 Å². The molecule has 4 aliphatic rings. The number of amides is 1. The summed E-state index contributed by atoms with van der Waals surface area (Å²) in [6.07, 6.45) is 8.38. The molecule has 4 aliphatic carbocycles. The van der Waals surface area contributed by atoms with Crippen LogP contribution in [0.2, 0.25) is 5.02 Å². The first-order chi connectivity index (χ1) is 11.0. The number of carbonyl (C=O) groups is 1. The summed E-state index contributed by atoms with van der Waals surface area (Å²) in [4.78, 5) is 12.4. The molecule has 0 heterocycles. The number of nitrogens with one attached hydrogen (secondary N) is 1. The third-order valence-electron chi connectivity index (χ3n) is 5.97. The summed E-state index contributed by atoms with van der Waals surface area (Å²) in [5, 5.41) is 3.71. The largest absolute Gasteiger partial charge is 0.325 e. The third kappa shape index (κ3) is 3.28. The number of aryl methyl sites for hydroxylation is 1. The predicted molar refractivity (Wildman–Crippen MR) is 98.2 cm³/mol. The molecule has 4 bridgehead atoms. The zero-order valence-corrected chi connectivity index (χ0v) is 15.2. The van der Waals surface area contributed by atoms with E-state index in [4.69, 9.17) is 11.6 Å². The van der Waals surface area contributed by atoms with E-state index in [2.05, 4.69) is 5.32 Å². The number of benzene rings is 1. The Bertz CT molecular complexity index is 595. The maximum Gasteiger partial charge on any atom is 0.234 e. The fourth-order valence-electron chi connectivity index (χ4n) is 5.34. The van der Waals surface area contributed by atoms with E-state index in [0.29, 0.717) is 15.5 Å². The van der Waals surface area contributed by atoms with Crippen LogP contribution in [0.3, 0.4) is 0 Å². The summed E-state index contributed by atoms with van der Waals surface area (Å²) in [6, 6.07) is 5.64. The Labute approximate surface area is 147 Å². The van der Waals surface area contributed by atoms with Crippen molar-refractivity contribution in [1.29, 1.82) is 0 Å². The minimum Gasteiger partial charge on any atom is -0.325 e. The number of carbonyl (C=O) groups excluding carboxylic acids is 1. The smallest absolute Gasteiger partial charge is 0.234 e. The molecule has 23 heavy (non-hydrogen) atoms. The van der Waals surface area contributed by atoms with Crippen molar-refractivity contribution >= 4 is 35.0 Å². The van der Waals surface area contributed by atoms with Crippen molar-refractivity contribution in [3.05, 3.63) is 28.8 Å². The molecule has 4 saturated carbocycles. The SMILES string of the molecule is Cc1ccc(Cl)cc1NC(=O)CSC12CC3CC(CC(C3)C1)C2. The highest BCUT2D eigenvalue weighted by atomic mass is 35.5. The van der Waals surface area contributed by atoms with Crippen LogP contribution in [0.15, 0.2) is 18.2 Å². The minimum atomic E-state index is 0.108. The van der Waals surface area contributed by atoms with Crippen LogP contribution in [0.25, 0.3) is 0 Å². The molecule has 0 radical (unpaired) electrons. The van der Waals surface area contributed by atoms with E-state index < -0.39 is 0 Å². The van der Waals surface area contributed by atoms with Gasteiger partial charge in [0, 0.05) is 15.5 Å². The lowest BCUT2D eigenvalue weighted by molar-refractivity contribution is -0.113. The maximum absolute atomic E-state index is 12.4. The molecule has 4 heteroatoms. The molecule has 1 aromatic rings. The van der Waals surface area contributed by atoms with Crippen molar-refractivity contribution in [1.82, 2.24) is 0 Å². The Balaban J connectivity index is 1.37. The summed E-state index contributed by atoms with van der Waals surface area (Å²) in [7, 11) is 0. The second kappa shape index (κ2) is 6.00. The van der Waals surface area contributed by atoms with Crippen LogP contribution in [0, 0.1) is 24.7 Å². The van der Waals surface area contributed by atoms with Crippen molar-refractivity contribution in [2.75, 3.05) is 11.1 Å². The summed E-state index contributed by atoms with van der Waals surface area (Å²) in [5.74, 6) is 3.49. The van der Waals surface area contributed by atoms with Gasteiger partial charge < -0.3 is 5.32 Å². The molecule has 124 valence electrons. The molecule has 0 aromatic heterocycles. The molecule has 0 unspecified atom stereocenters. The molecule has 0 spiro atoms. The lowest BCUT2D eigenvalue weighted by Crippen LogP contribution is -2.49. The highest BCUT2D eigenvalue weighted by Gasteiger charge is 2.51. The second-order valence-corrected chi connectivity index (χ2v) is 9.78. The monoisotopic (exact) mass is 349 g/mol. The fraction of sp³-hybridized carbons (Fsp3) is 0.632. The summed E-state index contributed by atoms with van der Waals surface area (Å²) >= 11 is 7.96. The van der Waals surface area contributed by atoms with Gasteiger partial charge in [0.15, 0.2) is 0 Å². The zero-order chi connectivity index (χ0) is 16.0. The van der Waals surface area contributed by atoms with E-state index >= 15 is 0 Å². The third-order valence-corrected chi connectivity index (χ3v) is 7.72. The maximum atomic E-state index is 12.4. The zero-order valence-electron chi connectivity index (χ0n) is 13.6. The molecule has 2 nitrogen and oxygen atoms in total. The van der Waals surface area contributed by atoms with Crippen LogP contribution in [-0.2, 0) is 4.79 Å². The molecule has 1 amide bonds. The Morgan fingerprint density at radius 2 is 1.83 bits per heavy atom. The first-order valence-corrected chi connectivity index (χ1v) is 10.1. The van der Waals surface area contributed by atoms with Crippen molar-refractivity contribution in [3.63, 3.8) is 0 Å². The van der Waals surface area contributed by atoms with Crippen LogP contribution in [0.1, 0.15) is 44.1 Å². The van der Waals surface area contributed by atoms with E-state index in [1.807, 2.05) is 36.9 Å². The predicted octanol–water partition coefficient (Wildman–Crippen LogP) is 5.29. The second-order valence-electron chi connectivity index (χ2n) is 7.90. The summed E-state index contributed by atoms with van der Waals surface area (Å²) < 4.78 is 0.398. The van der Waals surface area contributed by atoms with Gasteiger partial charge in [0.05, 0.1) is 5.75 Å². The first kappa shape index (κ1) is 15.8. The van der Waals surface area contributed by atoms with E-state index in [-0.39, 0.29) is 5.91 Å². The number of rotatable bonds is 4. The van der Waals surface area contributed by atoms with Crippen LogP contribution in [0.5, 0.6) is 0 Å².